The van der Waals surface area contributed by atoms with Gasteiger partial charge in [0.2, 0.25) is 0 Å². The van der Waals surface area contributed by atoms with Crippen molar-refractivity contribution in [2.24, 2.45) is 5.92 Å². The third-order valence-corrected chi connectivity index (χ3v) is 3.82. The molecule has 1 aliphatic carbocycles. The van der Waals surface area contributed by atoms with Crippen LogP contribution in [0.5, 0.6) is 0 Å². The predicted molar refractivity (Wildman–Crippen MR) is 75.3 cm³/mol. The van der Waals surface area contributed by atoms with Crippen molar-refractivity contribution >= 4 is 0 Å². The Morgan fingerprint density at radius 1 is 0.941 bits per heavy atom. The number of hydrogen-bond acceptors (Lipinski definition) is 1. The molecule has 0 saturated heterocycles. The molecule has 100 valence electrons. The third kappa shape index (κ3) is 8.43. The molecule has 0 radical (unpaired) electrons. The molecule has 0 aromatic rings. The standard InChI is InChI=1S/C16H30O/c1-2-3-4-9-14-17-15-10-8-13-16-11-6-5-7-12-16/h2,16H,1,3-15H2. The Kier molecular flexibility index (Phi) is 9.40. The molecule has 1 rings (SSSR count). The molecule has 0 unspecified atom stereocenters. The molecular weight excluding hydrogens is 208 g/mol. The van der Waals surface area contributed by atoms with Gasteiger partial charge in [0.15, 0.2) is 0 Å². The molecule has 1 saturated carbocycles. The van der Waals surface area contributed by atoms with Gasteiger partial charge in [-0.05, 0) is 31.6 Å². The number of ether oxygens (including phenoxy) is 1. The summed E-state index contributed by atoms with van der Waals surface area (Å²) in [5.41, 5.74) is 0. The van der Waals surface area contributed by atoms with Crippen LogP contribution in [0.4, 0.5) is 0 Å². The van der Waals surface area contributed by atoms with Gasteiger partial charge in [-0.3, -0.25) is 0 Å². The summed E-state index contributed by atoms with van der Waals surface area (Å²) in [6.45, 7) is 5.64. The third-order valence-electron chi connectivity index (χ3n) is 3.82. The van der Waals surface area contributed by atoms with Crippen LogP contribution in [0.25, 0.3) is 0 Å². The van der Waals surface area contributed by atoms with E-state index in [0.717, 1.165) is 25.6 Å². The lowest BCUT2D eigenvalue weighted by atomic mass is 9.86. The maximum Gasteiger partial charge on any atom is 0.0466 e. The van der Waals surface area contributed by atoms with E-state index in [0.29, 0.717) is 0 Å². The molecule has 1 heteroatoms. The van der Waals surface area contributed by atoms with Crippen LogP contribution in [0.3, 0.4) is 0 Å². The van der Waals surface area contributed by atoms with Gasteiger partial charge in [-0.25, -0.2) is 0 Å². The van der Waals surface area contributed by atoms with Crippen molar-refractivity contribution in [3.05, 3.63) is 12.7 Å². The quantitative estimate of drug-likeness (QED) is 0.379. The van der Waals surface area contributed by atoms with Crippen LogP contribution in [0, 0.1) is 5.92 Å². The summed E-state index contributed by atoms with van der Waals surface area (Å²) in [5.74, 6) is 1.04. The first kappa shape index (κ1) is 14.8. The summed E-state index contributed by atoms with van der Waals surface area (Å²) in [4.78, 5) is 0. The molecule has 0 aromatic heterocycles. The number of hydrogen-bond donors (Lipinski definition) is 0. The van der Waals surface area contributed by atoms with E-state index in [9.17, 15) is 0 Å². The molecule has 0 heterocycles. The van der Waals surface area contributed by atoms with Gasteiger partial charge in [0, 0.05) is 13.2 Å². The highest BCUT2D eigenvalue weighted by Gasteiger charge is 2.12. The van der Waals surface area contributed by atoms with Gasteiger partial charge in [-0.2, -0.15) is 0 Å². The van der Waals surface area contributed by atoms with Gasteiger partial charge in [0.05, 0.1) is 0 Å². The van der Waals surface area contributed by atoms with E-state index in [1.807, 2.05) is 6.08 Å². The lowest BCUT2D eigenvalue weighted by Crippen LogP contribution is -2.06. The largest absolute Gasteiger partial charge is 0.381 e. The molecule has 1 fully saturated rings. The topological polar surface area (TPSA) is 9.23 Å². The predicted octanol–water partition coefficient (Wildman–Crippen LogP) is 5.11. The fourth-order valence-electron chi connectivity index (χ4n) is 2.71. The second kappa shape index (κ2) is 10.8. The Balaban J connectivity index is 1.76. The second-order valence-electron chi connectivity index (χ2n) is 5.40. The number of unbranched alkanes of at least 4 members (excludes halogenated alkanes) is 3. The van der Waals surface area contributed by atoms with Crippen molar-refractivity contribution in [1.82, 2.24) is 0 Å². The molecule has 0 spiro atoms. The van der Waals surface area contributed by atoms with Gasteiger partial charge in [0.25, 0.3) is 0 Å². The number of allylic oxidation sites excluding steroid dienone is 1. The molecule has 0 aromatic carbocycles. The van der Waals surface area contributed by atoms with Crippen molar-refractivity contribution in [1.29, 1.82) is 0 Å². The molecule has 0 atom stereocenters. The van der Waals surface area contributed by atoms with E-state index in [2.05, 4.69) is 6.58 Å². The summed E-state index contributed by atoms with van der Waals surface area (Å²) >= 11 is 0. The van der Waals surface area contributed by atoms with Crippen LogP contribution in [-0.4, -0.2) is 13.2 Å². The molecule has 1 aliphatic rings. The van der Waals surface area contributed by atoms with E-state index in [-0.39, 0.29) is 0 Å². The van der Waals surface area contributed by atoms with Gasteiger partial charge in [0.1, 0.15) is 0 Å². The average Bonchev–Trinajstić information content (AvgIpc) is 2.38. The van der Waals surface area contributed by atoms with Gasteiger partial charge < -0.3 is 4.74 Å². The fourth-order valence-corrected chi connectivity index (χ4v) is 2.71. The molecule has 0 amide bonds. The Bertz CT molecular complexity index is 170. The zero-order valence-corrected chi connectivity index (χ0v) is 11.5. The summed E-state index contributed by atoms with van der Waals surface area (Å²) in [6, 6.07) is 0. The van der Waals surface area contributed by atoms with E-state index in [4.69, 9.17) is 4.74 Å². The summed E-state index contributed by atoms with van der Waals surface area (Å²) in [6.07, 6.45) is 17.0. The minimum Gasteiger partial charge on any atom is -0.381 e. The summed E-state index contributed by atoms with van der Waals surface area (Å²) in [7, 11) is 0. The Labute approximate surface area is 108 Å². The Hall–Kier alpha value is -0.300. The van der Waals surface area contributed by atoms with Crippen molar-refractivity contribution in [3.8, 4) is 0 Å². The summed E-state index contributed by atoms with van der Waals surface area (Å²) in [5, 5.41) is 0. The molecule has 0 N–H and O–H groups in total. The van der Waals surface area contributed by atoms with Crippen molar-refractivity contribution in [2.75, 3.05) is 13.2 Å². The lowest BCUT2D eigenvalue weighted by molar-refractivity contribution is 0.125. The van der Waals surface area contributed by atoms with Crippen LogP contribution in [0.2, 0.25) is 0 Å². The van der Waals surface area contributed by atoms with Crippen molar-refractivity contribution in [3.63, 3.8) is 0 Å². The second-order valence-corrected chi connectivity index (χ2v) is 5.40. The van der Waals surface area contributed by atoms with E-state index < -0.39 is 0 Å². The highest BCUT2D eigenvalue weighted by Crippen LogP contribution is 2.27. The SMILES string of the molecule is C=CCCCCOCCCCC1CCCCC1. The lowest BCUT2D eigenvalue weighted by Gasteiger charge is -2.21. The number of rotatable bonds is 10. The highest BCUT2D eigenvalue weighted by atomic mass is 16.5. The van der Waals surface area contributed by atoms with Gasteiger partial charge in [-0.15, -0.1) is 6.58 Å². The van der Waals surface area contributed by atoms with Gasteiger partial charge in [-0.1, -0.05) is 51.0 Å². The minimum absolute atomic E-state index is 0.942. The van der Waals surface area contributed by atoms with Gasteiger partial charge >= 0.3 is 0 Å². The van der Waals surface area contributed by atoms with Crippen molar-refractivity contribution < 1.29 is 4.74 Å². The molecule has 0 aliphatic heterocycles. The van der Waals surface area contributed by atoms with Crippen LogP contribution < -0.4 is 0 Å². The van der Waals surface area contributed by atoms with E-state index in [1.165, 1.54) is 64.2 Å². The monoisotopic (exact) mass is 238 g/mol. The maximum atomic E-state index is 5.64. The Morgan fingerprint density at radius 2 is 1.65 bits per heavy atom. The Morgan fingerprint density at radius 3 is 2.35 bits per heavy atom. The fraction of sp³-hybridized carbons (Fsp3) is 0.875. The molecular formula is C16H30O. The smallest absolute Gasteiger partial charge is 0.0466 e. The minimum atomic E-state index is 0.942. The molecule has 1 nitrogen and oxygen atoms in total. The first-order valence-electron chi connectivity index (χ1n) is 7.62. The molecule has 0 bridgehead atoms. The first-order chi connectivity index (χ1) is 8.43. The maximum absolute atomic E-state index is 5.64. The molecule has 17 heavy (non-hydrogen) atoms. The average molecular weight is 238 g/mol. The van der Waals surface area contributed by atoms with Crippen LogP contribution in [-0.2, 0) is 4.74 Å². The zero-order valence-electron chi connectivity index (χ0n) is 11.5. The van der Waals surface area contributed by atoms with E-state index in [1.54, 1.807) is 0 Å². The van der Waals surface area contributed by atoms with Crippen LogP contribution in [0.1, 0.15) is 70.6 Å². The summed E-state index contributed by atoms with van der Waals surface area (Å²) < 4.78 is 5.64. The highest BCUT2D eigenvalue weighted by molar-refractivity contribution is 4.66. The van der Waals surface area contributed by atoms with Crippen LogP contribution in [0.15, 0.2) is 12.7 Å². The zero-order chi connectivity index (χ0) is 12.2. The normalized spacial score (nSPS) is 17.2. The van der Waals surface area contributed by atoms with Crippen LogP contribution >= 0.6 is 0 Å². The first-order valence-corrected chi connectivity index (χ1v) is 7.62. The van der Waals surface area contributed by atoms with E-state index >= 15 is 0 Å². The van der Waals surface area contributed by atoms with Crippen molar-refractivity contribution in [2.45, 2.75) is 70.6 Å².